The van der Waals surface area contributed by atoms with Crippen LogP contribution in [-0.4, -0.2) is 42.1 Å². The van der Waals surface area contributed by atoms with Crippen molar-refractivity contribution in [3.63, 3.8) is 0 Å². The fraction of sp³-hybridized carbons (Fsp3) is 0.421. The summed E-state index contributed by atoms with van der Waals surface area (Å²) in [6, 6.07) is 7.95. The van der Waals surface area contributed by atoms with Gasteiger partial charge in [0.25, 0.3) is 0 Å². The van der Waals surface area contributed by atoms with Crippen molar-refractivity contribution in [1.82, 2.24) is 15.3 Å². The highest BCUT2D eigenvalue weighted by Crippen LogP contribution is 2.19. The highest BCUT2D eigenvalue weighted by molar-refractivity contribution is 5.78. The van der Waals surface area contributed by atoms with Crippen molar-refractivity contribution < 1.29 is 9.18 Å². The average Bonchev–Trinajstić information content (AvgIpc) is 3.15. The predicted octanol–water partition coefficient (Wildman–Crippen LogP) is 2.30. The number of carbonyl (C=O) groups is 1. The van der Waals surface area contributed by atoms with Gasteiger partial charge in [-0.05, 0) is 37.5 Å². The molecule has 2 heterocycles. The molecule has 3 rings (SSSR count). The van der Waals surface area contributed by atoms with Crippen LogP contribution in [0.4, 0.5) is 16.2 Å². The molecule has 0 radical (unpaired) electrons. The Morgan fingerprint density at radius 2 is 1.88 bits per heavy atom. The number of nitrogens with zero attached hydrogens (tertiary/aromatic N) is 3. The Bertz CT molecular complexity index is 744. The zero-order valence-corrected chi connectivity index (χ0v) is 15.0. The number of hydrogen-bond donors (Lipinski definition) is 2. The molecular formula is C19H24FN5O. The van der Waals surface area contributed by atoms with Gasteiger partial charge >= 0.3 is 0 Å². The zero-order valence-electron chi connectivity index (χ0n) is 15.0. The van der Waals surface area contributed by atoms with Crippen molar-refractivity contribution in [3.8, 4) is 0 Å². The highest BCUT2D eigenvalue weighted by Gasteiger charge is 2.15. The molecule has 1 aliphatic rings. The molecule has 7 heteroatoms. The van der Waals surface area contributed by atoms with E-state index >= 15 is 0 Å². The Labute approximate surface area is 152 Å². The topological polar surface area (TPSA) is 70.2 Å². The quantitative estimate of drug-likeness (QED) is 0.744. The third-order valence-corrected chi connectivity index (χ3v) is 4.28. The lowest BCUT2D eigenvalue weighted by Gasteiger charge is -2.17. The number of aromatic nitrogens is 2. The van der Waals surface area contributed by atoms with Gasteiger partial charge in [-0.3, -0.25) is 4.79 Å². The summed E-state index contributed by atoms with van der Waals surface area (Å²) in [6.07, 6.45) is 2.64. The maximum atomic E-state index is 12.9. The van der Waals surface area contributed by atoms with E-state index in [4.69, 9.17) is 0 Å². The van der Waals surface area contributed by atoms with Gasteiger partial charge in [0.15, 0.2) is 0 Å². The van der Waals surface area contributed by atoms with Crippen molar-refractivity contribution in [2.45, 2.75) is 26.2 Å². The van der Waals surface area contributed by atoms with Crippen molar-refractivity contribution in [2.24, 2.45) is 0 Å². The van der Waals surface area contributed by atoms with E-state index in [1.807, 2.05) is 13.0 Å². The van der Waals surface area contributed by atoms with Gasteiger partial charge in [-0.1, -0.05) is 12.1 Å². The van der Waals surface area contributed by atoms with Crippen LogP contribution in [0.5, 0.6) is 0 Å². The Hall–Kier alpha value is -2.70. The van der Waals surface area contributed by atoms with Crippen LogP contribution >= 0.6 is 0 Å². The normalized spacial score (nSPS) is 13.7. The van der Waals surface area contributed by atoms with Gasteiger partial charge in [0.1, 0.15) is 11.6 Å². The summed E-state index contributed by atoms with van der Waals surface area (Å²) in [4.78, 5) is 23.2. The number of benzene rings is 1. The number of rotatable bonds is 7. The van der Waals surface area contributed by atoms with Crippen molar-refractivity contribution in [3.05, 3.63) is 47.4 Å². The van der Waals surface area contributed by atoms with E-state index in [1.165, 1.54) is 25.0 Å². The van der Waals surface area contributed by atoms with Crippen LogP contribution in [-0.2, 0) is 11.2 Å². The predicted molar refractivity (Wildman–Crippen MR) is 99.8 cm³/mol. The number of amides is 1. The molecule has 0 saturated carbocycles. The second-order valence-electron chi connectivity index (χ2n) is 6.47. The highest BCUT2D eigenvalue weighted by atomic mass is 19.1. The van der Waals surface area contributed by atoms with Gasteiger partial charge in [0, 0.05) is 37.9 Å². The SMILES string of the molecule is Cc1cc(N2CCCC2)nc(NCCNC(=O)Cc2ccc(F)cc2)n1. The van der Waals surface area contributed by atoms with Crippen molar-refractivity contribution in [1.29, 1.82) is 0 Å². The van der Waals surface area contributed by atoms with Gasteiger partial charge in [-0.15, -0.1) is 0 Å². The summed E-state index contributed by atoms with van der Waals surface area (Å²) in [5.41, 5.74) is 1.71. The minimum absolute atomic E-state index is 0.0960. The van der Waals surface area contributed by atoms with E-state index in [1.54, 1.807) is 12.1 Å². The molecule has 26 heavy (non-hydrogen) atoms. The Kier molecular flexibility index (Phi) is 5.99. The molecule has 1 amide bonds. The molecule has 6 nitrogen and oxygen atoms in total. The minimum atomic E-state index is -0.301. The van der Waals surface area contributed by atoms with Crippen LogP contribution in [0.2, 0.25) is 0 Å². The Morgan fingerprint density at radius 1 is 1.15 bits per heavy atom. The number of aryl methyl sites for hydroxylation is 1. The van der Waals surface area contributed by atoms with E-state index in [0.717, 1.165) is 30.2 Å². The maximum Gasteiger partial charge on any atom is 0.224 e. The first-order valence-electron chi connectivity index (χ1n) is 8.96. The summed E-state index contributed by atoms with van der Waals surface area (Å²) >= 11 is 0. The van der Waals surface area contributed by atoms with Gasteiger partial charge in [-0.25, -0.2) is 9.37 Å². The van der Waals surface area contributed by atoms with Gasteiger partial charge in [0.2, 0.25) is 11.9 Å². The lowest BCUT2D eigenvalue weighted by Crippen LogP contribution is -2.30. The second-order valence-corrected chi connectivity index (χ2v) is 6.47. The standard InChI is InChI=1S/C19H24FN5O/c1-14-12-17(25-10-2-3-11-25)24-19(23-14)22-9-8-21-18(26)13-15-4-6-16(20)7-5-15/h4-7,12H,2-3,8-11,13H2,1H3,(H,21,26)(H,22,23,24). The summed E-state index contributed by atoms with van der Waals surface area (Å²) in [5.74, 6) is 1.14. The van der Waals surface area contributed by atoms with Crippen LogP contribution < -0.4 is 15.5 Å². The van der Waals surface area contributed by atoms with E-state index in [9.17, 15) is 9.18 Å². The van der Waals surface area contributed by atoms with Crippen molar-refractivity contribution in [2.75, 3.05) is 36.4 Å². The molecule has 1 aliphatic heterocycles. The second kappa shape index (κ2) is 8.60. The fourth-order valence-corrected chi connectivity index (χ4v) is 2.97. The summed E-state index contributed by atoms with van der Waals surface area (Å²) in [7, 11) is 0. The van der Waals surface area contributed by atoms with Gasteiger partial charge < -0.3 is 15.5 Å². The minimum Gasteiger partial charge on any atom is -0.356 e. The smallest absolute Gasteiger partial charge is 0.224 e. The lowest BCUT2D eigenvalue weighted by atomic mass is 10.1. The molecule has 0 atom stereocenters. The number of hydrogen-bond acceptors (Lipinski definition) is 5. The molecule has 0 spiro atoms. The lowest BCUT2D eigenvalue weighted by molar-refractivity contribution is -0.120. The van der Waals surface area contributed by atoms with Crippen LogP contribution in [0.15, 0.2) is 30.3 Å². The first-order chi connectivity index (χ1) is 12.6. The molecule has 1 aromatic carbocycles. The molecular weight excluding hydrogens is 333 g/mol. The maximum absolute atomic E-state index is 12.9. The van der Waals surface area contributed by atoms with E-state index in [0.29, 0.717) is 19.0 Å². The van der Waals surface area contributed by atoms with Crippen LogP contribution in [0.1, 0.15) is 24.1 Å². The summed E-state index contributed by atoms with van der Waals surface area (Å²) in [5, 5.41) is 6.00. The Balaban J connectivity index is 1.44. The average molecular weight is 357 g/mol. The summed E-state index contributed by atoms with van der Waals surface area (Å²) < 4.78 is 12.9. The van der Waals surface area contributed by atoms with Crippen LogP contribution in [0.3, 0.4) is 0 Å². The zero-order chi connectivity index (χ0) is 18.4. The number of halogens is 1. The molecule has 1 fully saturated rings. The Morgan fingerprint density at radius 3 is 2.62 bits per heavy atom. The van der Waals surface area contributed by atoms with Gasteiger partial charge in [-0.2, -0.15) is 4.98 Å². The summed E-state index contributed by atoms with van der Waals surface area (Å²) in [6.45, 7) is 5.04. The molecule has 0 aliphatic carbocycles. The van der Waals surface area contributed by atoms with Crippen LogP contribution in [0.25, 0.3) is 0 Å². The largest absolute Gasteiger partial charge is 0.356 e. The number of anilines is 2. The monoisotopic (exact) mass is 357 g/mol. The molecule has 2 N–H and O–H groups in total. The fourth-order valence-electron chi connectivity index (χ4n) is 2.97. The number of carbonyl (C=O) groups excluding carboxylic acids is 1. The molecule has 0 unspecified atom stereocenters. The van der Waals surface area contributed by atoms with E-state index in [2.05, 4.69) is 25.5 Å². The molecule has 138 valence electrons. The molecule has 2 aromatic rings. The van der Waals surface area contributed by atoms with E-state index < -0.39 is 0 Å². The van der Waals surface area contributed by atoms with Crippen LogP contribution in [0, 0.1) is 12.7 Å². The number of nitrogens with one attached hydrogen (secondary N) is 2. The van der Waals surface area contributed by atoms with Crippen molar-refractivity contribution >= 4 is 17.7 Å². The third-order valence-electron chi connectivity index (χ3n) is 4.28. The van der Waals surface area contributed by atoms with Gasteiger partial charge in [0.05, 0.1) is 6.42 Å². The molecule has 1 saturated heterocycles. The first kappa shape index (κ1) is 18.1. The first-order valence-corrected chi connectivity index (χ1v) is 8.96. The molecule has 1 aromatic heterocycles. The molecule has 0 bridgehead atoms. The third kappa shape index (κ3) is 5.15. The van der Waals surface area contributed by atoms with E-state index in [-0.39, 0.29) is 18.1 Å².